The fourth-order valence-electron chi connectivity index (χ4n) is 2.74. The number of benzene rings is 1. The van der Waals surface area contributed by atoms with Crippen molar-refractivity contribution in [1.82, 2.24) is 4.31 Å². The minimum Gasteiger partial charge on any atom is -0.323 e. The number of sulfonamides is 1. The summed E-state index contributed by atoms with van der Waals surface area (Å²) >= 11 is 6.81. The summed E-state index contributed by atoms with van der Waals surface area (Å²) in [7, 11) is -3.68. The molecule has 1 fully saturated rings. The van der Waals surface area contributed by atoms with Crippen molar-refractivity contribution in [3.63, 3.8) is 0 Å². The summed E-state index contributed by atoms with van der Waals surface area (Å²) in [5.41, 5.74) is 0.0949. The topological polar surface area (TPSA) is 66.5 Å². The molecule has 1 N–H and O–H groups in total. The SMILES string of the molecule is O=C(Nc1ccccc1F)C1CCCN(S(=O)(=O)c2ccc(Cl)s2)C1. The summed E-state index contributed by atoms with van der Waals surface area (Å²) in [6.45, 7) is 0.416. The summed E-state index contributed by atoms with van der Waals surface area (Å²) in [4.78, 5) is 12.4. The molecule has 9 heteroatoms. The van der Waals surface area contributed by atoms with Crippen molar-refractivity contribution >= 4 is 44.6 Å². The van der Waals surface area contributed by atoms with E-state index in [4.69, 9.17) is 11.6 Å². The lowest BCUT2D eigenvalue weighted by molar-refractivity contribution is -0.120. The average molecular weight is 403 g/mol. The van der Waals surface area contributed by atoms with E-state index >= 15 is 0 Å². The molecule has 0 radical (unpaired) electrons. The van der Waals surface area contributed by atoms with E-state index in [1.807, 2.05) is 0 Å². The molecule has 1 aromatic heterocycles. The molecule has 25 heavy (non-hydrogen) atoms. The molecule has 0 saturated carbocycles. The van der Waals surface area contributed by atoms with Gasteiger partial charge in [0.15, 0.2) is 0 Å². The number of nitrogens with zero attached hydrogens (tertiary/aromatic N) is 1. The highest BCUT2D eigenvalue weighted by molar-refractivity contribution is 7.91. The van der Waals surface area contributed by atoms with Crippen molar-refractivity contribution < 1.29 is 17.6 Å². The molecular formula is C16H16ClFN2O3S2. The van der Waals surface area contributed by atoms with Crippen LogP contribution in [0.15, 0.2) is 40.6 Å². The monoisotopic (exact) mass is 402 g/mol. The minimum atomic E-state index is -3.68. The quantitative estimate of drug-likeness (QED) is 0.849. The molecule has 5 nitrogen and oxygen atoms in total. The van der Waals surface area contributed by atoms with Crippen LogP contribution < -0.4 is 5.32 Å². The van der Waals surface area contributed by atoms with Crippen LogP contribution in [0.3, 0.4) is 0 Å². The highest BCUT2D eigenvalue weighted by Gasteiger charge is 2.34. The summed E-state index contributed by atoms with van der Waals surface area (Å²) in [6, 6.07) is 8.88. The van der Waals surface area contributed by atoms with Gasteiger partial charge in [-0.15, -0.1) is 11.3 Å². The molecule has 1 aromatic carbocycles. The molecule has 2 aromatic rings. The van der Waals surface area contributed by atoms with E-state index in [2.05, 4.69) is 5.32 Å². The smallest absolute Gasteiger partial charge is 0.252 e. The third-order valence-electron chi connectivity index (χ3n) is 4.03. The van der Waals surface area contributed by atoms with Gasteiger partial charge < -0.3 is 5.32 Å². The fraction of sp³-hybridized carbons (Fsp3) is 0.312. The maximum Gasteiger partial charge on any atom is 0.252 e. The predicted octanol–water partition coefficient (Wildman–Crippen LogP) is 3.58. The van der Waals surface area contributed by atoms with Gasteiger partial charge >= 0.3 is 0 Å². The number of carbonyl (C=O) groups excluding carboxylic acids is 1. The number of nitrogens with one attached hydrogen (secondary N) is 1. The van der Waals surface area contributed by atoms with E-state index in [1.165, 1.54) is 34.6 Å². The number of halogens is 2. The van der Waals surface area contributed by atoms with E-state index in [1.54, 1.807) is 6.07 Å². The molecule has 1 atom stereocenters. The number of hydrogen-bond acceptors (Lipinski definition) is 4. The van der Waals surface area contributed by atoms with Gasteiger partial charge in [0.25, 0.3) is 10.0 Å². The van der Waals surface area contributed by atoms with Crippen LogP contribution in [-0.2, 0) is 14.8 Å². The van der Waals surface area contributed by atoms with Gasteiger partial charge in [0.05, 0.1) is 15.9 Å². The van der Waals surface area contributed by atoms with Gasteiger partial charge in [-0.05, 0) is 37.1 Å². The number of hydrogen-bond donors (Lipinski definition) is 1. The Morgan fingerprint density at radius 3 is 2.72 bits per heavy atom. The van der Waals surface area contributed by atoms with Gasteiger partial charge in [-0.3, -0.25) is 4.79 Å². The molecule has 3 rings (SSSR count). The van der Waals surface area contributed by atoms with Crippen molar-refractivity contribution in [2.75, 3.05) is 18.4 Å². The zero-order valence-corrected chi connectivity index (χ0v) is 15.5. The molecule has 1 amide bonds. The molecule has 0 aliphatic carbocycles. The molecule has 0 bridgehead atoms. The third-order valence-corrected chi connectivity index (χ3v) is 7.59. The Kier molecular flexibility index (Phi) is 5.43. The van der Waals surface area contributed by atoms with Crippen LogP contribution in [0.4, 0.5) is 10.1 Å². The molecule has 1 unspecified atom stereocenters. The number of anilines is 1. The van der Waals surface area contributed by atoms with Crippen molar-refractivity contribution in [2.24, 2.45) is 5.92 Å². The van der Waals surface area contributed by atoms with Crippen molar-refractivity contribution in [2.45, 2.75) is 17.1 Å². The van der Waals surface area contributed by atoms with Gasteiger partial charge in [0.2, 0.25) is 5.91 Å². The van der Waals surface area contributed by atoms with Gasteiger partial charge in [-0.25, -0.2) is 12.8 Å². The first-order valence-electron chi connectivity index (χ1n) is 7.69. The molecule has 0 spiro atoms. The molecule has 2 heterocycles. The summed E-state index contributed by atoms with van der Waals surface area (Å²) < 4.78 is 40.9. The Hall–Kier alpha value is -1.48. The largest absolute Gasteiger partial charge is 0.323 e. The highest BCUT2D eigenvalue weighted by Crippen LogP contribution is 2.31. The zero-order chi connectivity index (χ0) is 18.0. The van der Waals surface area contributed by atoms with Crippen LogP contribution in [-0.4, -0.2) is 31.7 Å². The van der Waals surface area contributed by atoms with E-state index in [-0.39, 0.29) is 22.3 Å². The molecule has 1 aliphatic rings. The number of rotatable bonds is 4. The van der Waals surface area contributed by atoms with E-state index in [9.17, 15) is 17.6 Å². The summed E-state index contributed by atoms with van der Waals surface area (Å²) in [6.07, 6.45) is 1.12. The standard InChI is InChI=1S/C16H16ClFN2O3S2/c17-14-7-8-15(24-14)25(22,23)20-9-3-4-11(10-20)16(21)19-13-6-2-1-5-12(13)18/h1-2,5-8,11H,3-4,9-10H2,(H,19,21). The number of para-hydroxylation sites is 1. The summed E-state index contributed by atoms with van der Waals surface area (Å²) in [5, 5.41) is 2.54. The highest BCUT2D eigenvalue weighted by atomic mass is 35.5. The van der Waals surface area contributed by atoms with Crippen LogP contribution in [0.1, 0.15) is 12.8 Å². The van der Waals surface area contributed by atoms with Crippen molar-refractivity contribution in [3.8, 4) is 0 Å². The number of piperidine rings is 1. The van der Waals surface area contributed by atoms with Crippen LogP contribution in [0, 0.1) is 11.7 Å². The Morgan fingerprint density at radius 1 is 1.28 bits per heavy atom. The first-order valence-corrected chi connectivity index (χ1v) is 10.3. The van der Waals surface area contributed by atoms with Crippen LogP contribution in [0.2, 0.25) is 4.34 Å². The van der Waals surface area contributed by atoms with Gasteiger partial charge in [0, 0.05) is 13.1 Å². The van der Waals surface area contributed by atoms with Crippen molar-refractivity contribution in [1.29, 1.82) is 0 Å². The summed E-state index contributed by atoms with van der Waals surface area (Å²) in [5.74, 6) is -1.43. The average Bonchev–Trinajstić information content (AvgIpc) is 3.04. The molecule has 134 valence electrons. The second kappa shape index (κ2) is 7.41. The maximum atomic E-state index is 13.7. The van der Waals surface area contributed by atoms with Crippen molar-refractivity contribution in [3.05, 3.63) is 46.6 Å². The van der Waals surface area contributed by atoms with E-state index in [0.717, 1.165) is 11.3 Å². The number of amides is 1. The second-order valence-electron chi connectivity index (χ2n) is 5.73. The zero-order valence-electron chi connectivity index (χ0n) is 13.1. The second-order valence-corrected chi connectivity index (χ2v) is 9.61. The Bertz CT molecular complexity index is 885. The van der Waals surface area contributed by atoms with Gasteiger partial charge in [-0.1, -0.05) is 23.7 Å². The number of thiophene rings is 1. The maximum absolute atomic E-state index is 13.7. The van der Waals surface area contributed by atoms with Gasteiger partial charge in [0.1, 0.15) is 10.0 Å². The normalized spacial score (nSPS) is 18.9. The lowest BCUT2D eigenvalue weighted by Crippen LogP contribution is -2.43. The van der Waals surface area contributed by atoms with Gasteiger partial charge in [-0.2, -0.15) is 4.31 Å². The minimum absolute atomic E-state index is 0.0676. The van der Waals surface area contributed by atoms with E-state index in [0.29, 0.717) is 23.7 Å². The molecule has 1 aliphatic heterocycles. The first-order chi connectivity index (χ1) is 11.9. The Balaban J connectivity index is 1.73. The lowest BCUT2D eigenvalue weighted by Gasteiger charge is -2.30. The number of carbonyl (C=O) groups is 1. The molecular weight excluding hydrogens is 387 g/mol. The fourth-order valence-corrected chi connectivity index (χ4v) is 5.90. The van der Waals surface area contributed by atoms with Crippen LogP contribution >= 0.6 is 22.9 Å². The lowest BCUT2D eigenvalue weighted by atomic mass is 9.98. The van der Waals surface area contributed by atoms with Crippen LogP contribution in [0.25, 0.3) is 0 Å². The predicted molar refractivity (Wildman–Crippen MR) is 95.8 cm³/mol. The molecule has 1 saturated heterocycles. The Morgan fingerprint density at radius 2 is 2.04 bits per heavy atom. The first kappa shape index (κ1) is 18.3. The van der Waals surface area contributed by atoms with Crippen LogP contribution in [0.5, 0.6) is 0 Å². The third kappa shape index (κ3) is 4.03. The Labute approximate surface area is 154 Å². The van der Waals surface area contributed by atoms with E-state index < -0.39 is 21.8 Å².